The van der Waals surface area contributed by atoms with Crippen molar-refractivity contribution in [1.82, 2.24) is 20.9 Å². The molecule has 0 spiro atoms. The molecule has 1 heterocycles. The lowest BCUT2D eigenvalue weighted by Gasteiger charge is -2.41. The summed E-state index contributed by atoms with van der Waals surface area (Å²) in [7, 11) is 0. The van der Waals surface area contributed by atoms with Gasteiger partial charge in [-0.2, -0.15) is 0 Å². The van der Waals surface area contributed by atoms with Gasteiger partial charge in [-0.1, -0.05) is 105 Å². The van der Waals surface area contributed by atoms with Gasteiger partial charge in [0.25, 0.3) is 0 Å². The monoisotopic (exact) mass is 670 g/mol. The molecule has 4 rings (SSSR count). The highest BCUT2D eigenvalue weighted by molar-refractivity contribution is 5.86. The van der Waals surface area contributed by atoms with Crippen LogP contribution in [0.5, 0.6) is 0 Å². The number of benzene rings is 3. The van der Waals surface area contributed by atoms with Crippen LogP contribution in [0.25, 0.3) is 0 Å². The molecule has 1 aliphatic heterocycles. The zero-order valence-corrected chi connectivity index (χ0v) is 29.6. The van der Waals surface area contributed by atoms with E-state index in [1.807, 2.05) is 113 Å². The van der Waals surface area contributed by atoms with Crippen LogP contribution >= 0.6 is 0 Å². The van der Waals surface area contributed by atoms with Gasteiger partial charge in [0.2, 0.25) is 11.8 Å². The summed E-state index contributed by atoms with van der Waals surface area (Å²) < 4.78 is 5.40. The number of carbonyl (C=O) groups is 3. The molecule has 1 saturated heterocycles. The second kappa shape index (κ2) is 18.0. The zero-order chi connectivity index (χ0) is 35.4. The molecule has 9 heteroatoms. The maximum absolute atomic E-state index is 13.8. The van der Waals surface area contributed by atoms with E-state index in [1.165, 1.54) is 5.56 Å². The molecular weight excluding hydrogens is 616 g/mol. The first-order valence-corrected chi connectivity index (χ1v) is 17.5. The molecule has 1 fully saturated rings. The number of rotatable bonds is 14. The highest BCUT2D eigenvalue weighted by Gasteiger charge is 2.37. The fraction of sp³-hybridized carbons (Fsp3) is 0.475. The molecule has 49 heavy (non-hydrogen) atoms. The first kappa shape index (κ1) is 37.6. The minimum Gasteiger partial charge on any atom is -0.445 e. The average Bonchev–Trinajstić information content (AvgIpc) is 3.07. The van der Waals surface area contributed by atoms with Crippen LogP contribution in [0, 0.1) is 11.8 Å². The molecule has 0 unspecified atom stereocenters. The van der Waals surface area contributed by atoms with E-state index in [2.05, 4.69) is 33.0 Å². The van der Waals surface area contributed by atoms with Crippen LogP contribution in [0.4, 0.5) is 4.79 Å². The second-order valence-electron chi connectivity index (χ2n) is 14.6. The van der Waals surface area contributed by atoms with Crippen molar-refractivity contribution < 1.29 is 24.2 Å². The number of piperidine rings is 1. The van der Waals surface area contributed by atoms with Gasteiger partial charge in [0.05, 0.1) is 18.2 Å². The third kappa shape index (κ3) is 12.3. The third-order valence-corrected chi connectivity index (χ3v) is 8.94. The largest absolute Gasteiger partial charge is 0.445 e. The predicted octanol–water partition coefficient (Wildman–Crippen LogP) is 5.26. The Morgan fingerprint density at radius 2 is 1.43 bits per heavy atom. The Morgan fingerprint density at radius 3 is 2.00 bits per heavy atom. The van der Waals surface area contributed by atoms with Gasteiger partial charge in [-0.25, -0.2) is 4.79 Å². The van der Waals surface area contributed by atoms with Crippen molar-refractivity contribution >= 4 is 17.9 Å². The van der Waals surface area contributed by atoms with Crippen molar-refractivity contribution in [2.24, 2.45) is 11.8 Å². The molecule has 0 bridgehead atoms. The second-order valence-corrected chi connectivity index (χ2v) is 14.6. The molecule has 3 amide bonds. The fourth-order valence-corrected chi connectivity index (χ4v) is 6.38. The van der Waals surface area contributed by atoms with Crippen molar-refractivity contribution in [2.45, 2.75) is 96.7 Å². The molecule has 0 aromatic heterocycles. The number of aliphatic hydroxyl groups excluding tert-OH is 1. The van der Waals surface area contributed by atoms with Crippen LogP contribution in [0.3, 0.4) is 0 Å². The fourth-order valence-electron chi connectivity index (χ4n) is 6.38. The number of β-amino-alcohol motifs (C(OH)–C–C–N with tert-alkyl or cyclic N) is 1. The summed E-state index contributed by atoms with van der Waals surface area (Å²) in [6.07, 6.45) is 1.15. The van der Waals surface area contributed by atoms with E-state index >= 15 is 0 Å². The minimum absolute atomic E-state index is 0.0563. The van der Waals surface area contributed by atoms with Crippen LogP contribution in [0.2, 0.25) is 0 Å². The van der Waals surface area contributed by atoms with Crippen LogP contribution < -0.4 is 16.0 Å². The van der Waals surface area contributed by atoms with Gasteiger partial charge in [0.1, 0.15) is 12.6 Å². The summed E-state index contributed by atoms with van der Waals surface area (Å²) in [5.41, 5.74) is 2.64. The SMILES string of the molecule is CC(C)[C@H](NC(=O)OCc1ccccc1)C(=O)N[C@@H](Cc1ccccc1)[C@H](O)CN1CC[C@@H](Cc2ccccc2)C[C@H]1C(=O)NC(C)(C)C. The molecule has 4 N–H and O–H groups in total. The first-order chi connectivity index (χ1) is 23.4. The Balaban J connectivity index is 1.48. The predicted molar refractivity (Wildman–Crippen MR) is 193 cm³/mol. The summed E-state index contributed by atoms with van der Waals surface area (Å²) in [6, 6.07) is 27.4. The number of amides is 3. The van der Waals surface area contributed by atoms with Gasteiger partial charge < -0.3 is 25.8 Å². The van der Waals surface area contributed by atoms with E-state index in [1.54, 1.807) is 0 Å². The maximum atomic E-state index is 13.8. The number of hydrogen-bond acceptors (Lipinski definition) is 6. The number of hydrogen-bond donors (Lipinski definition) is 4. The van der Waals surface area contributed by atoms with Crippen LogP contribution in [0.1, 0.15) is 64.2 Å². The van der Waals surface area contributed by atoms with E-state index in [0.717, 1.165) is 24.0 Å². The number of alkyl carbamates (subject to hydrolysis) is 1. The molecule has 3 aromatic rings. The average molecular weight is 671 g/mol. The van der Waals surface area contributed by atoms with Crippen molar-refractivity contribution in [3.63, 3.8) is 0 Å². The molecule has 3 aromatic carbocycles. The van der Waals surface area contributed by atoms with Gasteiger partial charge in [0.15, 0.2) is 0 Å². The van der Waals surface area contributed by atoms with Gasteiger partial charge in [-0.15, -0.1) is 0 Å². The lowest BCUT2D eigenvalue weighted by atomic mass is 9.85. The van der Waals surface area contributed by atoms with Crippen molar-refractivity contribution in [2.75, 3.05) is 13.1 Å². The molecule has 1 aliphatic rings. The lowest BCUT2D eigenvalue weighted by Crippen LogP contribution is -2.60. The third-order valence-electron chi connectivity index (χ3n) is 8.94. The van der Waals surface area contributed by atoms with Crippen LogP contribution in [-0.2, 0) is 33.8 Å². The number of carbonyl (C=O) groups excluding carboxylic acids is 3. The highest BCUT2D eigenvalue weighted by Crippen LogP contribution is 2.28. The Morgan fingerprint density at radius 1 is 0.857 bits per heavy atom. The lowest BCUT2D eigenvalue weighted by molar-refractivity contribution is -0.131. The van der Waals surface area contributed by atoms with E-state index in [0.29, 0.717) is 25.3 Å². The summed E-state index contributed by atoms with van der Waals surface area (Å²) in [4.78, 5) is 42.3. The molecule has 264 valence electrons. The smallest absolute Gasteiger partial charge is 0.408 e. The highest BCUT2D eigenvalue weighted by atomic mass is 16.5. The summed E-state index contributed by atoms with van der Waals surface area (Å²) >= 11 is 0. The van der Waals surface area contributed by atoms with Crippen LogP contribution in [0.15, 0.2) is 91.0 Å². The van der Waals surface area contributed by atoms with E-state index in [9.17, 15) is 19.5 Å². The standard InChI is InChI=1S/C40H54N4O5/c1-28(2)36(42-39(48)49-27-31-19-13-8-14-20-31)38(47)41-33(24-30-17-11-7-12-18-30)35(45)26-44-22-21-32(23-29-15-9-6-10-16-29)25-34(44)37(46)43-40(3,4)5/h6-20,28,32-36,45H,21-27H2,1-5H3,(H,41,47)(H,42,48)(H,43,46)/t32-,33-,34-,35+,36-/m0/s1. The number of nitrogens with zero attached hydrogens (tertiary/aromatic N) is 1. The van der Waals surface area contributed by atoms with Gasteiger partial charge in [-0.3, -0.25) is 14.5 Å². The zero-order valence-electron chi connectivity index (χ0n) is 29.6. The van der Waals surface area contributed by atoms with E-state index < -0.39 is 41.8 Å². The van der Waals surface area contributed by atoms with E-state index in [4.69, 9.17) is 4.74 Å². The van der Waals surface area contributed by atoms with Crippen molar-refractivity contribution in [3.8, 4) is 0 Å². The van der Waals surface area contributed by atoms with Crippen molar-refractivity contribution in [3.05, 3.63) is 108 Å². The quantitative estimate of drug-likeness (QED) is 0.186. The Bertz CT molecular complexity index is 1460. The Hall–Kier alpha value is -4.21. The number of aliphatic hydroxyl groups is 1. The molecule has 9 nitrogen and oxygen atoms in total. The Kier molecular flexibility index (Phi) is 13.8. The van der Waals surface area contributed by atoms with Gasteiger partial charge >= 0.3 is 6.09 Å². The Labute approximate surface area is 291 Å². The molecule has 0 radical (unpaired) electrons. The first-order valence-electron chi connectivity index (χ1n) is 17.5. The number of ether oxygens (including phenoxy) is 1. The number of likely N-dealkylation sites (tertiary alicyclic amines) is 1. The molecule has 0 aliphatic carbocycles. The molecule has 5 atom stereocenters. The topological polar surface area (TPSA) is 120 Å². The van der Waals surface area contributed by atoms with Crippen LogP contribution in [-0.4, -0.2) is 70.8 Å². The summed E-state index contributed by atoms with van der Waals surface area (Å²) in [5, 5.41) is 20.8. The van der Waals surface area contributed by atoms with Gasteiger partial charge in [-0.05, 0) is 81.5 Å². The van der Waals surface area contributed by atoms with Crippen molar-refractivity contribution in [1.29, 1.82) is 0 Å². The number of nitrogens with one attached hydrogen (secondary N) is 3. The van der Waals surface area contributed by atoms with Gasteiger partial charge in [0, 0.05) is 12.1 Å². The summed E-state index contributed by atoms with van der Waals surface area (Å²) in [6.45, 7) is 10.5. The van der Waals surface area contributed by atoms with E-state index in [-0.39, 0.29) is 25.0 Å². The maximum Gasteiger partial charge on any atom is 0.408 e. The minimum atomic E-state index is -0.988. The molecule has 0 saturated carbocycles. The normalized spacial score (nSPS) is 18.6. The summed E-state index contributed by atoms with van der Waals surface area (Å²) in [5.74, 6) is -0.381. The molecular formula is C40H54N4O5.